The molecule has 0 saturated heterocycles. The molecule has 0 aliphatic heterocycles. The average molecular weight is 597 g/mol. The maximum Gasteiger partial charge on any atom is 0.253 e. The molecule has 0 aliphatic rings. The number of fused-ring (bicyclic) bond motifs is 1. The van der Waals surface area contributed by atoms with E-state index in [9.17, 15) is 9.59 Å². The van der Waals surface area contributed by atoms with Gasteiger partial charge in [0.25, 0.3) is 5.91 Å². The molecule has 3 heterocycles. The number of Topliss-reactive ketones (excluding diaryl/α,β-unsaturated/α-hetero) is 1. The zero-order chi connectivity index (χ0) is 30.3. The summed E-state index contributed by atoms with van der Waals surface area (Å²) < 4.78 is 21.9. The number of amides is 1. The molecule has 0 unspecified atom stereocenters. The zero-order valence-electron chi connectivity index (χ0n) is 24.4. The second-order valence-electron chi connectivity index (χ2n) is 10.5. The fraction of sp³-hybridized carbons (Fsp3) is 0.235. The molecule has 0 atom stereocenters. The molecule has 3 aromatic heterocycles. The molecule has 0 bridgehead atoms. The molecule has 43 heavy (non-hydrogen) atoms. The summed E-state index contributed by atoms with van der Waals surface area (Å²) >= 11 is 1.49. The number of hydrogen-bond donors (Lipinski definition) is 1. The molecule has 1 N–H and O–H groups in total. The minimum atomic E-state index is -0.556. The molecular formula is C34H33FN4O3S. The van der Waals surface area contributed by atoms with Crippen LogP contribution in [0.5, 0.6) is 11.5 Å². The number of thiophene rings is 1. The lowest BCUT2D eigenvalue weighted by molar-refractivity contribution is -0.117. The Kier molecular flexibility index (Phi) is 9.54. The molecule has 7 nitrogen and oxygen atoms in total. The number of benzene rings is 2. The van der Waals surface area contributed by atoms with Crippen LogP contribution < -0.4 is 10.1 Å². The highest BCUT2D eigenvalue weighted by Crippen LogP contribution is 2.39. The van der Waals surface area contributed by atoms with Crippen LogP contribution >= 0.6 is 11.3 Å². The van der Waals surface area contributed by atoms with Crippen molar-refractivity contribution in [2.75, 3.05) is 20.6 Å². The minimum Gasteiger partial charge on any atom is -0.453 e. The van der Waals surface area contributed by atoms with Gasteiger partial charge in [0.05, 0.1) is 20.8 Å². The third-order valence-corrected chi connectivity index (χ3v) is 7.97. The first-order chi connectivity index (χ1) is 20.8. The number of nitrogens with one attached hydrogen (secondary N) is 1. The predicted octanol–water partition coefficient (Wildman–Crippen LogP) is 6.85. The molecule has 9 heteroatoms. The highest BCUT2D eigenvalue weighted by Gasteiger charge is 2.15. The molecule has 1 amide bonds. The van der Waals surface area contributed by atoms with E-state index in [-0.39, 0.29) is 30.3 Å². The van der Waals surface area contributed by atoms with Crippen molar-refractivity contribution < 1.29 is 18.7 Å². The second-order valence-corrected chi connectivity index (χ2v) is 11.6. The van der Waals surface area contributed by atoms with E-state index >= 15 is 4.39 Å². The molecule has 220 valence electrons. The minimum absolute atomic E-state index is 0.0654. The smallest absolute Gasteiger partial charge is 0.253 e. The van der Waals surface area contributed by atoms with E-state index < -0.39 is 5.82 Å². The Morgan fingerprint density at radius 3 is 2.44 bits per heavy atom. The van der Waals surface area contributed by atoms with Crippen molar-refractivity contribution in [1.29, 1.82) is 0 Å². The predicted molar refractivity (Wildman–Crippen MR) is 168 cm³/mol. The van der Waals surface area contributed by atoms with Gasteiger partial charge in [-0.1, -0.05) is 31.2 Å². The summed E-state index contributed by atoms with van der Waals surface area (Å²) in [4.78, 5) is 36.5. The van der Waals surface area contributed by atoms with Crippen molar-refractivity contribution in [3.05, 3.63) is 107 Å². The van der Waals surface area contributed by atoms with E-state index in [4.69, 9.17) is 4.74 Å². The third kappa shape index (κ3) is 7.49. The quantitative estimate of drug-likeness (QED) is 0.159. The van der Waals surface area contributed by atoms with Gasteiger partial charge in [-0.05, 0) is 66.1 Å². The Labute approximate surface area is 254 Å². The summed E-state index contributed by atoms with van der Waals surface area (Å²) in [6.07, 6.45) is 4.80. The van der Waals surface area contributed by atoms with Crippen molar-refractivity contribution in [2.24, 2.45) is 0 Å². The molecule has 5 aromatic rings. The monoisotopic (exact) mass is 596 g/mol. The number of halogens is 1. The van der Waals surface area contributed by atoms with Crippen LogP contribution in [0.1, 0.15) is 40.4 Å². The zero-order valence-corrected chi connectivity index (χ0v) is 25.2. The Morgan fingerprint density at radius 1 is 0.930 bits per heavy atom. The van der Waals surface area contributed by atoms with Gasteiger partial charge >= 0.3 is 0 Å². The summed E-state index contributed by atoms with van der Waals surface area (Å²) in [5.74, 6) is -0.200. The molecule has 5 rings (SSSR count). The van der Waals surface area contributed by atoms with Gasteiger partial charge in [-0.2, -0.15) is 0 Å². The lowest BCUT2D eigenvalue weighted by Crippen LogP contribution is -2.21. The van der Waals surface area contributed by atoms with Crippen molar-refractivity contribution in [3.8, 4) is 22.1 Å². The third-order valence-electron chi connectivity index (χ3n) is 6.81. The topological polar surface area (TPSA) is 84.4 Å². The Hall–Kier alpha value is -4.47. The summed E-state index contributed by atoms with van der Waals surface area (Å²) in [5, 5.41) is 3.37. The molecule has 2 aromatic carbocycles. The van der Waals surface area contributed by atoms with E-state index in [0.29, 0.717) is 16.9 Å². The van der Waals surface area contributed by atoms with Crippen molar-refractivity contribution in [1.82, 2.24) is 20.2 Å². The van der Waals surface area contributed by atoms with Crippen LogP contribution in [0.4, 0.5) is 4.39 Å². The van der Waals surface area contributed by atoms with E-state index in [1.807, 2.05) is 24.4 Å². The molecule has 0 saturated carbocycles. The van der Waals surface area contributed by atoms with Crippen molar-refractivity contribution >= 4 is 33.2 Å². The standard InChI is InChI=1S/C34H33FN4O3S/c1-4-13-36-20-24-8-10-28(38-21-24)32-19-29-33(43-32)31(12-14-37-29)42-30-11-9-23(18-27(30)35)17-26(40)16-22-6-5-7-25(15-22)34(41)39(2)3/h5-12,14-15,18-19,21,36H,4,13,16-17,20H2,1-3H3. The van der Waals surface area contributed by atoms with Gasteiger partial charge in [0.2, 0.25) is 0 Å². The lowest BCUT2D eigenvalue weighted by atomic mass is 10.0. The highest BCUT2D eigenvalue weighted by molar-refractivity contribution is 7.22. The van der Waals surface area contributed by atoms with E-state index in [1.165, 1.54) is 22.3 Å². The highest BCUT2D eigenvalue weighted by atomic mass is 32.1. The Balaban J connectivity index is 1.26. The first-order valence-corrected chi connectivity index (χ1v) is 15.0. The van der Waals surface area contributed by atoms with Gasteiger partial charge in [0.15, 0.2) is 11.6 Å². The molecule has 0 aliphatic carbocycles. The number of carbonyl (C=O) groups excluding carboxylic acids is 2. The summed E-state index contributed by atoms with van der Waals surface area (Å²) in [6.45, 7) is 3.87. The maximum atomic E-state index is 15.1. The van der Waals surface area contributed by atoms with Crippen LogP contribution in [0.3, 0.4) is 0 Å². The van der Waals surface area contributed by atoms with Gasteiger partial charge < -0.3 is 15.0 Å². The van der Waals surface area contributed by atoms with Crippen LogP contribution in [0.15, 0.2) is 79.1 Å². The first-order valence-electron chi connectivity index (χ1n) is 14.1. The van der Waals surface area contributed by atoms with Crippen LogP contribution in [-0.4, -0.2) is 47.2 Å². The summed E-state index contributed by atoms with van der Waals surface area (Å²) in [5.41, 5.74) is 4.51. The van der Waals surface area contributed by atoms with E-state index in [0.717, 1.165) is 51.4 Å². The van der Waals surface area contributed by atoms with Crippen LogP contribution in [0, 0.1) is 5.82 Å². The Morgan fingerprint density at radius 2 is 1.72 bits per heavy atom. The van der Waals surface area contributed by atoms with Crippen LogP contribution in [0.2, 0.25) is 0 Å². The van der Waals surface area contributed by atoms with Gasteiger partial charge in [-0.25, -0.2) is 4.39 Å². The van der Waals surface area contributed by atoms with Crippen LogP contribution in [-0.2, 0) is 24.2 Å². The fourth-order valence-corrected chi connectivity index (χ4v) is 5.69. The molecule has 0 fully saturated rings. The van der Waals surface area contributed by atoms with Gasteiger partial charge in [-0.3, -0.25) is 19.6 Å². The number of pyridine rings is 2. The number of aromatic nitrogens is 2. The van der Waals surface area contributed by atoms with Crippen molar-refractivity contribution in [3.63, 3.8) is 0 Å². The molecule has 0 spiro atoms. The number of hydrogen-bond acceptors (Lipinski definition) is 7. The largest absolute Gasteiger partial charge is 0.453 e. The summed E-state index contributed by atoms with van der Waals surface area (Å²) in [6, 6.07) is 19.3. The SMILES string of the molecule is CCCNCc1ccc(-c2cc3nccc(Oc4ccc(CC(=O)Cc5cccc(C(=O)N(C)C)c5)cc4F)c3s2)nc1. The summed E-state index contributed by atoms with van der Waals surface area (Å²) in [7, 11) is 3.36. The maximum absolute atomic E-state index is 15.1. The van der Waals surface area contributed by atoms with E-state index in [2.05, 4.69) is 28.3 Å². The molecular weight excluding hydrogens is 563 g/mol. The number of carbonyl (C=O) groups is 2. The average Bonchev–Trinajstić information content (AvgIpc) is 3.44. The number of nitrogens with zero attached hydrogens (tertiary/aromatic N) is 3. The van der Waals surface area contributed by atoms with Crippen LogP contribution in [0.25, 0.3) is 20.8 Å². The Bertz CT molecular complexity index is 1750. The number of rotatable bonds is 12. The van der Waals surface area contributed by atoms with Gasteiger partial charge in [0, 0.05) is 57.5 Å². The normalized spacial score (nSPS) is 11.1. The number of ether oxygens (including phenoxy) is 1. The van der Waals surface area contributed by atoms with Crippen molar-refractivity contribution in [2.45, 2.75) is 32.7 Å². The van der Waals surface area contributed by atoms with E-state index in [1.54, 1.807) is 56.7 Å². The number of ketones is 1. The van der Waals surface area contributed by atoms with Gasteiger partial charge in [0.1, 0.15) is 11.5 Å². The lowest BCUT2D eigenvalue weighted by Gasteiger charge is -2.11. The molecule has 0 radical (unpaired) electrons. The second kappa shape index (κ2) is 13.7. The van der Waals surface area contributed by atoms with Gasteiger partial charge in [-0.15, -0.1) is 11.3 Å². The fourth-order valence-electron chi connectivity index (χ4n) is 4.65. The first kappa shape index (κ1) is 30.0.